The van der Waals surface area contributed by atoms with Gasteiger partial charge < -0.3 is 42.7 Å². The van der Waals surface area contributed by atoms with Crippen molar-refractivity contribution < 1.29 is 48.9 Å². The van der Waals surface area contributed by atoms with Crippen molar-refractivity contribution in [1.29, 1.82) is 0 Å². The van der Waals surface area contributed by atoms with E-state index in [2.05, 4.69) is 16.0 Å². The molecule has 0 aromatic heterocycles. The number of carbonyl (C=O) groups is 7. The number of amides is 4. The fourth-order valence-electron chi connectivity index (χ4n) is 3.25. The van der Waals surface area contributed by atoms with Crippen LogP contribution >= 0.6 is 0 Å². The van der Waals surface area contributed by atoms with E-state index in [0.717, 1.165) is 0 Å². The minimum absolute atomic E-state index is 0.0879. The van der Waals surface area contributed by atoms with Crippen LogP contribution in [0.15, 0.2) is 30.3 Å². The van der Waals surface area contributed by atoms with Gasteiger partial charge in [0.25, 0.3) is 0 Å². The predicted octanol–water partition coefficient (Wildman–Crippen LogP) is -2.30. The van der Waals surface area contributed by atoms with Gasteiger partial charge in [0.2, 0.25) is 23.6 Å². The molecule has 0 aliphatic carbocycles. The van der Waals surface area contributed by atoms with Crippen molar-refractivity contribution >= 4 is 41.5 Å². The molecule has 1 aromatic rings. The monoisotopic (exact) mass is 537 g/mol. The second-order valence-corrected chi connectivity index (χ2v) is 8.35. The normalized spacial score (nSPS) is 13.7. The Kier molecular flexibility index (Phi) is 12.9. The molecule has 0 heterocycles. The standard InChI is InChI=1S/C23H31N5O10/c24-13(10-12-4-2-1-3-5-12)20(34)28-16(11-19(32)33)22(36)26-14(6-8-17(25)29)21(35)27-15(23(37)38)7-9-18(30)31/h1-5,13-16H,6-11,24H2,(H2,25,29)(H,26,36)(H,27,35)(H,28,34)(H,30,31)(H,32,33)(H,37,38). The highest BCUT2D eigenvalue weighted by Crippen LogP contribution is 2.06. The number of aliphatic carboxylic acids is 3. The van der Waals surface area contributed by atoms with Crippen LogP contribution in [-0.2, 0) is 40.0 Å². The highest BCUT2D eigenvalue weighted by molar-refractivity contribution is 5.96. The van der Waals surface area contributed by atoms with Gasteiger partial charge in [0, 0.05) is 12.8 Å². The van der Waals surface area contributed by atoms with E-state index in [1.807, 2.05) is 0 Å². The van der Waals surface area contributed by atoms with E-state index in [4.69, 9.17) is 16.6 Å². The van der Waals surface area contributed by atoms with E-state index >= 15 is 0 Å². The van der Waals surface area contributed by atoms with Crippen molar-refractivity contribution in [3.63, 3.8) is 0 Å². The van der Waals surface area contributed by atoms with Crippen LogP contribution < -0.4 is 27.4 Å². The molecule has 4 atom stereocenters. The Morgan fingerprint density at radius 2 is 1.24 bits per heavy atom. The maximum atomic E-state index is 12.9. The first-order valence-corrected chi connectivity index (χ1v) is 11.5. The summed E-state index contributed by atoms with van der Waals surface area (Å²) in [6.45, 7) is 0. The van der Waals surface area contributed by atoms with Crippen LogP contribution in [0.25, 0.3) is 0 Å². The predicted molar refractivity (Wildman–Crippen MR) is 129 cm³/mol. The number of hydrogen-bond acceptors (Lipinski definition) is 8. The largest absolute Gasteiger partial charge is 0.481 e. The molecule has 4 unspecified atom stereocenters. The molecule has 1 aromatic carbocycles. The number of carbonyl (C=O) groups excluding carboxylic acids is 4. The topological polar surface area (TPSA) is 268 Å². The van der Waals surface area contributed by atoms with Gasteiger partial charge in [-0.25, -0.2) is 4.79 Å². The number of primary amides is 1. The summed E-state index contributed by atoms with van der Waals surface area (Å²) in [5.41, 5.74) is 11.7. The van der Waals surface area contributed by atoms with Crippen molar-refractivity contribution in [1.82, 2.24) is 16.0 Å². The van der Waals surface area contributed by atoms with Crippen molar-refractivity contribution in [2.45, 2.75) is 62.7 Å². The van der Waals surface area contributed by atoms with E-state index in [9.17, 15) is 43.8 Å². The average Bonchev–Trinajstić information content (AvgIpc) is 2.83. The van der Waals surface area contributed by atoms with Gasteiger partial charge in [0.15, 0.2) is 0 Å². The average molecular weight is 538 g/mol. The molecule has 4 amide bonds. The molecule has 0 fully saturated rings. The maximum Gasteiger partial charge on any atom is 0.326 e. The Labute approximate surface area is 216 Å². The van der Waals surface area contributed by atoms with Gasteiger partial charge in [-0.2, -0.15) is 0 Å². The molecule has 15 nitrogen and oxygen atoms in total. The smallest absolute Gasteiger partial charge is 0.326 e. The second kappa shape index (κ2) is 15.6. The van der Waals surface area contributed by atoms with Crippen molar-refractivity contribution in [2.75, 3.05) is 0 Å². The Morgan fingerprint density at radius 3 is 1.76 bits per heavy atom. The maximum absolute atomic E-state index is 12.9. The number of benzene rings is 1. The molecule has 0 saturated carbocycles. The van der Waals surface area contributed by atoms with E-state index in [1.165, 1.54) is 0 Å². The van der Waals surface area contributed by atoms with Crippen LogP contribution in [0.2, 0.25) is 0 Å². The molecule has 0 aliphatic rings. The van der Waals surface area contributed by atoms with Crippen molar-refractivity contribution in [3.05, 3.63) is 35.9 Å². The summed E-state index contributed by atoms with van der Waals surface area (Å²) >= 11 is 0. The van der Waals surface area contributed by atoms with E-state index in [-0.39, 0.29) is 12.8 Å². The highest BCUT2D eigenvalue weighted by Gasteiger charge is 2.31. The molecule has 1 rings (SSSR count). The van der Waals surface area contributed by atoms with Gasteiger partial charge in [-0.1, -0.05) is 30.3 Å². The summed E-state index contributed by atoms with van der Waals surface area (Å²) in [4.78, 5) is 82.9. The Morgan fingerprint density at radius 1 is 0.711 bits per heavy atom. The SMILES string of the molecule is NC(=O)CCC(NC(=O)C(CC(=O)O)NC(=O)C(N)Cc1ccccc1)C(=O)NC(CCC(=O)O)C(=O)O. The third-order valence-electron chi connectivity index (χ3n) is 5.22. The molecule has 0 aliphatic heterocycles. The third-order valence-corrected chi connectivity index (χ3v) is 5.22. The molecule has 38 heavy (non-hydrogen) atoms. The van der Waals surface area contributed by atoms with Crippen LogP contribution in [0, 0.1) is 0 Å². The number of rotatable bonds is 17. The summed E-state index contributed by atoms with van der Waals surface area (Å²) in [6.07, 6.45) is -2.64. The fourth-order valence-corrected chi connectivity index (χ4v) is 3.25. The molecule has 0 saturated heterocycles. The minimum atomic E-state index is -1.67. The van der Waals surface area contributed by atoms with Crippen LogP contribution in [0.5, 0.6) is 0 Å². The molecular weight excluding hydrogens is 506 g/mol. The van der Waals surface area contributed by atoms with E-state index in [0.29, 0.717) is 5.56 Å². The van der Waals surface area contributed by atoms with Gasteiger partial charge in [-0.05, 0) is 24.8 Å². The fraction of sp³-hybridized carbons (Fsp3) is 0.435. The van der Waals surface area contributed by atoms with Gasteiger partial charge in [-0.3, -0.25) is 28.8 Å². The molecule has 15 heteroatoms. The summed E-state index contributed by atoms with van der Waals surface area (Å²) in [5.74, 6) is -8.19. The Hall–Kier alpha value is -4.53. The Balaban J connectivity index is 3.00. The molecule has 0 spiro atoms. The van der Waals surface area contributed by atoms with Crippen LogP contribution in [-0.4, -0.2) is 81.0 Å². The quantitative estimate of drug-likeness (QED) is 0.105. The summed E-state index contributed by atoms with van der Waals surface area (Å²) in [5, 5.41) is 33.7. The van der Waals surface area contributed by atoms with Gasteiger partial charge in [0.05, 0.1) is 12.5 Å². The van der Waals surface area contributed by atoms with E-state index in [1.54, 1.807) is 30.3 Å². The first kappa shape index (κ1) is 31.5. The third kappa shape index (κ3) is 11.9. The lowest BCUT2D eigenvalue weighted by atomic mass is 10.0. The van der Waals surface area contributed by atoms with Crippen LogP contribution in [0.3, 0.4) is 0 Å². The van der Waals surface area contributed by atoms with Crippen LogP contribution in [0.1, 0.15) is 37.7 Å². The molecule has 208 valence electrons. The lowest BCUT2D eigenvalue weighted by molar-refractivity contribution is -0.144. The zero-order valence-electron chi connectivity index (χ0n) is 20.3. The molecular formula is C23H31N5O10. The number of nitrogens with two attached hydrogens (primary N) is 2. The van der Waals surface area contributed by atoms with Gasteiger partial charge in [-0.15, -0.1) is 0 Å². The minimum Gasteiger partial charge on any atom is -0.481 e. The summed E-state index contributed by atoms with van der Waals surface area (Å²) in [7, 11) is 0. The first-order chi connectivity index (χ1) is 17.8. The molecule has 10 N–H and O–H groups in total. The second-order valence-electron chi connectivity index (χ2n) is 8.35. The number of carboxylic acid groups (broad SMARTS) is 3. The van der Waals surface area contributed by atoms with Crippen molar-refractivity contribution in [3.8, 4) is 0 Å². The van der Waals surface area contributed by atoms with Gasteiger partial charge in [0.1, 0.15) is 18.1 Å². The number of carboxylic acids is 3. The lowest BCUT2D eigenvalue weighted by Crippen LogP contribution is -2.57. The lowest BCUT2D eigenvalue weighted by Gasteiger charge is -2.24. The van der Waals surface area contributed by atoms with Gasteiger partial charge >= 0.3 is 17.9 Å². The molecule has 0 bridgehead atoms. The van der Waals surface area contributed by atoms with Crippen LogP contribution in [0.4, 0.5) is 0 Å². The summed E-state index contributed by atoms with van der Waals surface area (Å²) < 4.78 is 0. The number of hydrogen-bond donors (Lipinski definition) is 8. The first-order valence-electron chi connectivity index (χ1n) is 11.5. The summed E-state index contributed by atoms with van der Waals surface area (Å²) in [6, 6.07) is 2.66. The molecule has 0 radical (unpaired) electrons. The van der Waals surface area contributed by atoms with Crippen molar-refractivity contribution in [2.24, 2.45) is 11.5 Å². The highest BCUT2D eigenvalue weighted by atomic mass is 16.4. The zero-order valence-corrected chi connectivity index (χ0v) is 20.3. The zero-order chi connectivity index (χ0) is 28.8. The number of nitrogens with one attached hydrogen (secondary N) is 3. The van der Waals surface area contributed by atoms with E-state index < -0.39 is 91.4 Å². The Bertz CT molecular complexity index is 1030.